The van der Waals surface area contributed by atoms with E-state index in [1.807, 2.05) is 11.0 Å². The number of nitrogens with zero attached hydrogens (tertiary/aromatic N) is 2. The molecule has 0 saturated carbocycles. The molecule has 5 heteroatoms. The van der Waals surface area contributed by atoms with Crippen molar-refractivity contribution in [1.29, 1.82) is 0 Å². The van der Waals surface area contributed by atoms with E-state index < -0.39 is 0 Å². The Hall–Kier alpha value is -2.37. The Labute approximate surface area is 172 Å². The molecule has 0 aliphatic carbocycles. The first kappa shape index (κ1) is 18.6. The number of amides is 1. The van der Waals surface area contributed by atoms with Crippen molar-refractivity contribution in [3.63, 3.8) is 0 Å². The Morgan fingerprint density at radius 3 is 2.69 bits per heavy atom. The number of ether oxygens (including phenoxy) is 2. The van der Waals surface area contributed by atoms with E-state index in [0.717, 1.165) is 51.3 Å². The fourth-order valence-corrected chi connectivity index (χ4v) is 5.08. The highest BCUT2D eigenvalue weighted by molar-refractivity contribution is 5.81. The molecule has 1 amide bonds. The zero-order chi connectivity index (χ0) is 19.7. The zero-order valence-corrected chi connectivity index (χ0v) is 16.8. The zero-order valence-electron chi connectivity index (χ0n) is 16.8. The molecule has 5 nitrogen and oxygen atoms in total. The molecular weight excluding hydrogens is 364 g/mol. The van der Waals surface area contributed by atoms with Crippen LogP contribution in [-0.2, 0) is 22.5 Å². The Balaban J connectivity index is 1.18. The van der Waals surface area contributed by atoms with Crippen LogP contribution in [0.1, 0.15) is 30.4 Å². The highest BCUT2D eigenvalue weighted by atomic mass is 16.5. The summed E-state index contributed by atoms with van der Waals surface area (Å²) in [6.45, 7) is 4.11. The molecule has 0 N–H and O–H groups in total. The van der Waals surface area contributed by atoms with E-state index in [1.54, 1.807) is 0 Å². The molecule has 152 valence electrons. The number of carbonyl (C=O) groups is 1. The van der Waals surface area contributed by atoms with E-state index in [2.05, 4.69) is 53.4 Å². The topological polar surface area (TPSA) is 42.0 Å². The van der Waals surface area contributed by atoms with Gasteiger partial charge < -0.3 is 14.4 Å². The van der Waals surface area contributed by atoms with Gasteiger partial charge >= 0.3 is 0 Å². The summed E-state index contributed by atoms with van der Waals surface area (Å²) in [5.41, 5.74) is 2.17. The quantitative estimate of drug-likeness (QED) is 0.757. The van der Waals surface area contributed by atoms with Gasteiger partial charge in [0.1, 0.15) is 5.75 Å². The lowest BCUT2D eigenvalue weighted by Gasteiger charge is -2.42. The van der Waals surface area contributed by atoms with E-state index in [9.17, 15) is 4.79 Å². The van der Waals surface area contributed by atoms with Gasteiger partial charge in [-0.1, -0.05) is 42.5 Å². The van der Waals surface area contributed by atoms with E-state index in [4.69, 9.17) is 9.47 Å². The van der Waals surface area contributed by atoms with Crippen molar-refractivity contribution in [2.24, 2.45) is 0 Å². The van der Waals surface area contributed by atoms with Gasteiger partial charge in [0.05, 0.1) is 19.3 Å². The standard InChI is InChI=1S/C24H28N2O3/c27-23-17-22-24(26(23)13-4-15-29-24)12-14-25(22)18-20-7-9-21(10-8-20)28-16-11-19-5-2-1-3-6-19/h1-3,5-10,22H,4,11-18H2/t22-,24+/m1/s1. The molecule has 5 rings (SSSR count). The predicted molar refractivity (Wildman–Crippen MR) is 111 cm³/mol. The van der Waals surface area contributed by atoms with Crippen LogP contribution in [-0.4, -0.2) is 53.8 Å². The predicted octanol–water partition coefficient (Wildman–Crippen LogP) is 3.23. The third-order valence-corrected chi connectivity index (χ3v) is 6.53. The van der Waals surface area contributed by atoms with Gasteiger partial charge in [0.2, 0.25) is 5.91 Å². The van der Waals surface area contributed by atoms with Crippen molar-refractivity contribution in [1.82, 2.24) is 9.80 Å². The van der Waals surface area contributed by atoms with Crippen LogP contribution in [0.25, 0.3) is 0 Å². The van der Waals surface area contributed by atoms with Gasteiger partial charge in [-0.15, -0.1) is 0 Å². The summed E-state index contributed by atoms with van der Waals surface area (Å²) in [6, 6.07) is 19.0. The number of benzene rings is 2. The summed E-state index contributed by atoms with van der Waals surface area (Å²) in [5, 5.41) is 0. The highest BCUT2D eigenvalue weighted by Crippen LogP contribution is 2.45. The minimum atomic E-state index is -0.365. The maximum atomic E-state index is 12.5. The summed E-state index contributed by atoms with van der Waals surface area (Å²) < 4.78 is 12.1. The fraction of sp³-hybridized carbons (Fsp3) is 0.458. The van der Waals surface area contributed by atoms with E-state index in [-0.39, 0.29) is 17.7 Å². The van der Waals surface area contributed by atoms with Crippen LogP contribution in [0.3, 0.4) is 0 Å². The molecule has 0 unspecified atom stereocenters. The number of hydrogen-bond acceptors (Lipinski definition) is 4. The first-order valence-electron chi connectivity index (χ1n) is 10.7. The monoisotopic (exact) mass is 392 g/mol. The van der Waals surface area contributed by atoms with Crippen LogP contribution in [0.2, 0.25) is 0 Å². The average molecular weight is 392 g/mol. The van der Waals surface area contributed by atoms with Gasteiger partial charge in [-0.25, -0.2) is 0 Å². The highest BCUT2D eigenvalue weighted by Gasteiger charge is 2.60. The lowest BCUT2D eigenvalue weighted by atomic mass is 10.0. The van der Waals surface area contributed by atoms with Crippen LogP contribution < -0.4 is 4.74 Å². The normalized spacial score (nSPS) is 26.4. The number of carbonyl (C=O) groups excluding carboxylic acids is 1. The fourth-order valence-electron chi connectivity index (χ4n) is 5.08. The SMILES string of the molecule is O=C1C[C@H]2N(Cc3ccc(OCCc4ccccc4)cc3)CC[C@]23OCCCN13. The molecule has 3 aliphatic heterocycles. The molecule has 2 atom stereocenters. The average Bonchev–Trinajstić information content (AvgIpc) is 3.23. The minimum Gasteiger partial charge on any atom is -0.493 e. The molecule has 2 aromatic rings. The van der Waals surface area contributed by atoms with Crippen molar-refractivity contribution in [3.8, 4) is 5.75 Å². The molecule has 3 fully saturated rings. The van der Waals surface area contributed by atoms with Crippen molar-refractivity contribution in [2.45, 2.75) is 44.0 Å². The summed E-state index contributed by atoms with van der Waals surface area (Å²) in [4.78, 5) is 16.9. The number of hydrogen-bond donors (Lipinski definition) is 0. The summed E-state index contributed by atoms with van der Waals surface area (Å²) in [6.07, 6.45) is 3.36. The van der Waals surface area contributed by atoms with Gasteiger partial charge in [0, 0.05) is 38.9 Å². The Morgan fingerprint density at radius 2 is 1.86 bits per heavy atom. The van der Waals surface area contributed by atoms with E-state index in [0.29, 0.717) is 13.0 Å². The molecule has 0 aromatic heterocycles. The molecule has 3 saturated heterocycles. The van der Waals surface area contributed by atoms with Crippen LogP contribution in [0.15, 0.2) is 54.6 Å². The third kappa shape index (κ3) is 3.53. The van der Waals surface area contributed by atoms with Crippen molar-refractivity contribution in [3.05, 3.63) is 65.7 Å². The summed E-state index contributed by atoms with van der Waals surface area (Å²) in [7, 11) is 0. The summed E-state index contributed by atoms with van der Waals surface area (Å²) >= 11 is 0. The molecular formula is C24H28N2O3. The Morgan fingerprint density at radius 1 is 1.03 bits per heavy atom. The van der Waals surface area contributed by atoms with Gasteiger partial charge in [-0.2, -0.15) is 0 Å². The van der Waals surface area contributed by atoms with Crippen molar-refractivity contribution in [2.75, 3.05) is 26.3 Å². The number of likely N-dealkylation sites (tertiary alicyclic amines) is 1. The molecule has 0 bridgehead atoms. The molecule has 1 spiro atoms. The van der Waals surface area contributed by atoms with Gasteiger partial charge in [0.25, 0.3) is 0 Å². The van der Waals surface area contributed by atoms with E-state index in [1.165, 1.54) is 11.1 Å². The molecule has 29 heavy (non-hydrogen) atoms. The van der Waals surface area contributed by atoms with Crippen molar-refractivity contribution < 1.29 is 14.3 Å². The lowest BCUT2D eigenvalue weighted by Crippen LogP contribution is -2.56. The van der Waals surface area contributed by atoms with Crippen LogP contribution in [0.5, 0.6) is 5.75 Å². The Kier molecular flexibility index (Phi) is 5.02. The van der Waals surface area contributed by atoms with Crippen LogP contribution in [0.4, 0.5) is 0 Å². The maximum Gasteiger partial charge on any atom is 0.226 e. The van der Waals surface area contributed by atoms with Crippen molar-refractivity contribution >= 4 is 5.91 Å². The molecule has 2 aromatic carbocycles. The second-order valence-electron chi connectivity index (χ2n) is 8.26. The van der Waals surface area contributed by atoms with Crippen LogP contribution >= 0.6 is 0 Å². The van der Waals surface area contributed by atoms with Gasteiger partial charge in [-0.05, 0) is 29.7 Å². The lowest BCUT2D eigenvalue weighted by molar-refractivity contribution is -0.180. The third-order valence-electron chi connectivity index (χ3n) is 6.53. The first-order valence-corrected chi connectivity index (χ1v) is 10.7. The summed E-state index contributed by atoms with van der Waals surface area (Å²) in [5.74, 6) is 1.15. The van der Waals surface area contributed by atoms with Gasteiger partial charge in [-0.3, -0.25) is 9.69 Å². The van der Waals surface area contributed by atoms with Gasteiger partial charge in [0.15, 0.2) is 5.72 Å². The minimum absolute atomic E-state index is 0.178. The second kappa shape index (κ2) is 7.81. The molecule has 0 radical (unpaired) electrons. The molecule has 3 heterocycles. The van der Waals surface area contributed by atoms with E-state index >= 15 is 0 Å². The number of rotatable bonds is 6. The maximum absolute atomic E-state index is 12.5. The first-order chi connectivity index (χ1) is 14.2. The largest absolute Gasteiger partial charge is 0.493 e. The smallest absolute Gasteiger partial charge is 0.226 e. The Bertz CT molecular complexity index is 854. The molecule has 3 aliphatic rings. The van der Waals surface area contributed by atoms with Crippen LogP contribution in [0, 0.1) is 0 Å². The second-order valence-corrected chi connectivity index (χ2v) is 8.26.